The number of aromatic nitrogens is 2. The molecule has 0 spiro atoms. The van der Waals surface area contributed by atoms with Gasteiger partial charge < -0.3 is 15.2 Å². The first-order chi connectivity index (χ1) is 12.8. The third-order valence-electron chi connectivity index (χ3n) is 5.68. The number of methoxy groups -OCH3 is 1. The summed E-state index contributed by atoms with van der Waals surface area (Å²) >= 11 is 0. The quantitative estimate of drug-likeness (QED) is 0.577. The van der Waals surface area contributed by atoms with Crippen molar-refractivity contribution in [1.29, 1.82) is 0 Å². The summed E-state index contributed by atoms with van der Waals surface area (Å²) in [6.07, 6.45) is -0.157. The van der Waals surface area contributed by atoms with Crippen LogP contribution in [-0.2, 0) is 14.1 Å². The summed E-state index contributed by atoms with van der Waals surface area (Å²) in [6.45, 7) is 2.04. The Morgan fingerprint density at radius 3 is 2.59 bits per heavy atom. The molecule has 27 heavy (non-hydrogen) atoms. The van der Waals surface area contributed by atoms with Crippen molar-refractivity contribution in [3.05, 3.63) is 50.2 Å². The van der Waals surface area contributed by atoms with E-state index >= 15 is 0 Å². The average molecular weight is 373 g/mol. The molecule has 4 rings (SSSR count). The van der Waals surface area contributed by atoms with Crippen molar-refractivity contribution < 1.29 is 9.84 Å². The SMILES string of the molecule is COc1cc(C2c3c(n(C)c(=O)n(C)c3=O)NC3NNC(C)C32)ccc1O. The molecule has 0 saturated carbocycles. The van der Waals surface area contributed by atoms with Crippen LogP contribution < -0.4 is 32.2 Å². The predicted octanol–water partition coefficient (Wildman–Crippen LogP) is -0.206. The lowest BCUT2D eigenvalue weighted by molar-refractivity contribution is 0.364. The molecule has 1 fully saturated rings. The number of anilines is 1. The Morgan fingerprint density at radius 1 is 1.15 bits per heavy atom. The minimum atomic E-state index is -0.384. The van der Waals surface area contributed by atoms with E-state index in [4.69, 9.17) is 4.74 Å². The molecule has 4 N–H and O–H groups in total. The first-order valence-electron chi connectivity index (χ1n) is 8.79. The summed E-state index contributed by atoms with van der Waals surface area (Å²) in [5, 5.41) is 13.3. The molecule has 2 aliphatic heterocycles. The summed E-state index contributed by atoms with van der Waals surface area (Å²) in [5.74, 6) is 0.610. The van der Waals surface area contributed by atoms with Crippen molar-refractivity contribution in [3.8, 4) is 11.5 Å². The Hall–Kier alpha value is -2.78. The van der Waals surface area contributed by atoms with Gasteiger partial charge in [0.2, 0.25) is 0 Å². The Bertz CT molecular complexity index is 1030. The van der Waals surface area contributed by atoms with E-state index in [1.54, 1.807) is 25.2 Å². The van der Waals surface area contributed by atoms with Crippen LogP contribution in [0.4, 0.5) is 5.82 Å². The van der Waals surface area contributed by atoms with Crippen LogP contribution in [0.1, 0.15) is 24.0 Å². The lowest BCUT2D eigenvalue weighted by Gasteiger charge is -2.38. The molecule has 3 heterocycles. The molecule has 9 nitrogen and oxygen atoms in total. The largest absolute Gasteiger partial charge is 0.504 e. The van der Waals surface area contributed by atoms with E-state index in [9.17, 15) is 14.7 Å². The van der Waals surface area contributed by atoms with Crippen LogP contribution >= 0.6 is 0 Å². The number of ether oxygens (including phenoxy) is 1. The van der Waals surface area contributed by atoms with Gasteiger partial charge in [-0.15, -0.1) is 0 Å². The molecule has 144 valence electrons. The fourth-order valence-corrected chi connectivity index (χ4v) is 4.26. The summed E-state index contributed by atoms with van der Waals surface area (Å²) in [7, 11) is 4.62. The highest BCUT2D eigenvalue weighted by Gasteiger charge is 2.46. The van der Waals surface area contributed by atoms with Crippen molar-refractivity contribution in [2.45, 2.75) is 25.0 Å². The molecule has 4 unspecified atom stereocenters. The minimum absolute atomic E-state index is 0.0111. The number of rotatable bonds is 2. The fourth-order valence-electron chi connectivity index (χ4n) is 4.26. The maximum absolute atomic E-state index is 13.1. The van der Waals surface area contributed by atoms with E-state index in [1.807, 2.05) is 6.92 Å². The van der Waals surface area contributed by atoms with Gasteiger partial charge in [0.05, 0.1) is 18.8 Å². The van der Waals surface area contributed by atoms with Crippen molar-refractivity contribution >= 4 is 5.82 Å². The number of nitrogens with zero attached hydrogens (tertiary/aromatic N) is 2. The number of phenols is 1. The first-order valence-corrected chi connectivity index (χ1v) is 8.79. The maximum Gasteiger partial charge on any atom is 0.332 e. The number of benzene rings is 1. The molecule has 1 saturated heterocycles. The molecule has 2 aromatic rings. The number of hydrogen-bond donors (Lipinski definition) is 4. The Morgan fingerprint density at radius 2 is 1.89 bits per heavy atom. The van der Waals surface area contributed by atoms with Gasteiger partial charge in [-0.25, -0.2) is 10.2 Å². The standard InChI is InChI=1S/C18H23N5O4/c1-8-12-13(9-5-6-10(24)11(7-9)27-4)14-16(19-15(12)21-20-8)22(2)18(26)23(3)17(14)25/h5-8,12-13,15,19-21,24H,1-4H3. The van der Waals surface area contributed by atoms with E-state index < -0.39 is 0 Å². The molecule has 4 atom stereocenters. The number of hydrazine groups is 1. The van der Waals surface area contributed by atoms with E-state index in [0.717, 1.165) is 10.1 Å². The zero-order chi connectivity index (χ0) is 19.5. The number of fused-ring (bicyclic) bond motifs is 2. The van der Waals surface area contributed by atoms with Crippen LogP contribution in [0.15, 0.2) is 27.8 Å². The Balaban J connectivity index is 2.02. The molecule has 0 aliphatic carbocycles. The highest BCUT2D eigenvalue weighted by atomic mass is 16.5. The minimum Gasteiger partial charge on any atom is -0.504 e. The normalized spacial score (nSPS) is 26.2. The van der Waals surface area contributed by atoms with Gasteiger partial charge in [-0.3, -0.25) is 19.4 Å². The monoisotopic (exact) mass is 373 g/mol. The van der Waals surface area contributed by atoms with E-state index in [-0.39, 0.29) is 41.0 Å². The van der Waals surface area contributed by atoms with Crippen LogP contribution in [0, 0.1) is 5.92 Å². The molecular formula is C18H23N5O4. The van der Waals surface area contributed by atoms with Gasteiger partial charge in [-0.1, -0.05) is 6.07 Å². The maximum atomic E-state index is 13.1. The molecule has 2 aliphatic rings. The smallest absolute Gasteiger partial charge is 0.332 e. The van der Waals surface area contributed by atoms with Crippen LogP contribution in [0.2, 0.25) is 0 Å². The average Bonchev–Trinajstić information content (AvgIpc) is 3.04. The molecule has 0 radical (unpaired) electrons. The molecular weight excluding hydrogens is 350 g/mol. The van der Waals surface area contributed by atoms with Gasteiger partial charge in [0.1, 0.15) is 5.82 Å². The third-order valence-corrected chi connectivity index (χ3v) is 5.68. The predicted molar refractivity (Wildman–Crippen MR) is 100 cm³/mol. The van der Waals surface area contributed by atoms with Crippen molar-refractivity contribution in [3.63, 3.8) is 0 Å². The van der Waals surface area contributed by atoms with E-state index in [1.165, 1.54) is 18.7 Å². The number of nitrogens with one attached hydrogen (secondary N) is 3. The van der Waals surface area contributed by atoms with Crippen LogP contribution in [0.25, 0.3) is 0 Å². The summed E-state index contributed by atoms with van der Waals surface area (Å²) < 4.78 is 7.86. The fraction of sp³-hybridized carbons (Fsp3) is 0.444. The molecule has 1 aromatic heterocycles. The topological polar surface area (TPSA) is 110 Å². The molecule has 0 amide bonds. The summed E-state index contributed by atoms with van der Waals surface area (Å²) in [6, 6.07) is 5.19. The number of hydrogen-bond acceptors (Lipinski definition) is 7. The van der Waals surface area contributed by atoms with Gasteiger partial charge in [0.25, 0.3) is 5.56 Å². The zero-order valence-electron chi connectivity index (χ0n) is 15.6. The second-order valence-corrected chi connectivity index (χ2v) is 7.15. The third kappa shape index (κ3) is 2.46. The Kier molecular flexibility index (Phi) is 4.01. The number of aromatic hydroxyl groups is 1. The van der Waals surface area contributed by atoms with Gasteiger partial charge in [0, 0.05) is 32.0 Å². The van der Waals surface area contributed by atoms with Gasteiger partial charge in [0.15, 0.2) is 11.5 Å². The van der Waals surface area contributed by atoms with Crippen LogP contribution in [0.3, 0.4) is 0 Å². The first kappa shape index (κ1) is 17.6. The molecule has 9 heteroatoms. The van der Waals surface area contributed by atoms with Crippen molar-refractivity contribution in [2.24, 2.45) is 20.0 Å². The lowest BCUT2D eigenvalue weighted by Crippen LogP contribution is -2.50. The van der Waals surface area contributed by atoms with Gasteiger partial charge in [-0.05, 0) is 24.6 Å². The van der Waals surface area contributed by atoms with Crippen molar-refractivity contribution in [1.82, 2.24) is 20.0 Å². The van der Waals surface area contributed by atoms with Crippen LogP contribution in [0.5, 0.6) is 11.5 Å². The van der Waals surface area contributed by atoms with Gasteiger partial charge >= 0.3 is 5.69 Å². The van der Waals surface area contributed by atoms with Gasteiger partial charge in [-0.2, -0.15) is 0 Å². The summed E-state index contributed by atoms with van der Waals surface area (Å²) in [5.41, 5.74) is 7.09. The molecule has 0 bridgehead atoms. The number of phenolic OH excluding ortho intramolecular Hbond substituents is 1. The second-order valence-electron chi connectivity index (χ2n) is 7.15. The Labute approximate surface area is 155 Å². The van der Waals surface area contributed by atoms with Crippen LogP contribution in [-0.4, -0.2) is 33.6 Å². The van der Waals surface area contributed by atoms with E-state index in [2.05, 4.69) is 16.2 Å². The van der Waals surface area contributed by atoms with E-state index in [0.29, 0.717) is 17.1 Å². The lowest BCUT2D eigenvalue weighted by atomic mass is 9.75. The molecule has 1 aromatic carbocycles. The van der Waals surface area contributed by atoms with Crippen molar-refractivity contribution in [2.75, 3.05) is 12.4 Å². The highest BCUT2D eigenvalue weighted by molar-refractivity contribution is 5.56. The zero-order valence-corrected chi connectivity index (χ0v) is 15.6. The highest BCUT2D eigenvalue weighted by Crippen LogP contribution is 2.44. The summed E-state index contributed by atoms with van der Waals surface area (Å²) in [4.78, 5) is 25.5. The second kappa shape index (κ2) is 6.14.